The maximum atomic E-state index is 5.53. The summed E-state index contributed by atoms with van der Waals surface area (Å²) >= 11 is 11.7. The van der Waals surface area contributed by atoms with Crippen molar-refractivity contribution in [2.24, 2.45) is 0 Å². The van der Waals surface area contributed by atoms with Crippen molar-refractivity contribution < 1.29 is 18.1 Å². The van der Waals surface area contributed by atoms with Gasteiger partial charge >= 0.3 is 169 Å². The normalized spacial score (nSPS) is 11.7. The van der Waals surface area contributed by atoms with Crippen LogP contribution in [-0.2, 0) is 18.1 Å². The first-order chi connectivity index (χ1) is 11.1. The van der Waals surface area contributed by atoms with Gasteiger partial charge in [0.1, 0.15) is 0 Å². The maximum Gasteiger partial charge on any atom is 0 e. The van der Waals surface area contributed by atoms with Gasteiger partial charge in [0.05, 0.1) is 0 Å². The minimum atomic E-state index is -1.80. The van der Waals surface area contributed by atoms with Gasteiger partial charge in [-0.3, -0.25) is 0 Å². The van der Waals surface area contributed by atoms with E-state index < -0.39 is 9.30 Å². The van der Waals surface area contributed by atoms with Gasteiger partial charge < -0.3 is 6.92 Å². The molecule has 0 aromatic carbocycles. The van der Waals surface area contributed by atoms with Crippen molar-refractivity contribution in [3.8, 4) is 0 Å². The molecule has 0 bridgehead atoms. The fraction of sp³-hybridized carbons (Fsp3) is 0.933. The Morgan fingerprint density at radius 1 is 0.692 bits per heavy atom. The average Bonchev–Trinajstić information content (AvgIpc) is 2.21. The topological polar surface area (TPSA) is 36.9 Å². The van der Waals surface area contributed by atoms with Crippen LogP contribution in [0.15, 0.2) is 0 Å². The third kappa shape index (κ3) is 35.2. The average molecular weight is 864 g/mol. The third-order valence-corrected chi connectivity index (χ3v) is 8.41. The molecule has 0 aromatic rings. The van der Waals surface area contributed by atoms with Crippen LogP contribution in [0.1, 0.15) is 68.7 Å². The summed E-state index contributed by atoms with van der Waals surface area (Å²) in [7, 11) is 0. The summed E-state index contributed by atoms with van der Waals surface area (Å²) in [6.07, 6.45) is 1.79. The van der Waals surface area contributed by atoms with Crippen molar-refractivity contribution >= 4 is 97.9 Å². The number of rotatable bonds is 8. The smallest absolute Gasteiger partial charge is 0 e. The van der Waals surface area contributed by atoms with Gasteiger partial charge in [-0.1, -0.05) is 6.92 Å². The van der Waals surface area contributed by atoms with Crippen LogP contribution in [-0.4, -0.2) is 113 Å². The first kappa shape index (κ1) is 37.0. The van der Waals surface area contributed by atoms with Crippen LogP contribution in [0.25, 0.3) is 0 Å². The SMILES string of the molecule is CC(C)OP(=[Se])([Se-])OC(C)C.CC(C)OP(=[Se])([Se-])OC(C)C.[CH2-]CC.[Pb]. The van der Waals surface area contributed by atoms with E-state index >= 15 is 0 Å². The predicted molar refractivity (Wildman–Crippen MR) is 123 cm³/mol. The third-order valence-electron chi connectivity index (χ3n) is 1.36. The maximum absolute atomic E-state index is 5.53. The Balaban J connectivity index is -0.000000156. The van der Waals surface area contributed by atoms with Gasteiger partial charge in [-0.15, -0.1) is 0 Å². The molecule has 0 fully saturated rings. The second kappa shape index (κ2) is 20.6. The molecule has 0 N–H and O–H groups in total. The molecule has 26 heavy (non-hydrogen) atoms. The molecule has 4 nitrogen and oxygen atoms in total. The van der Waals surface area contributed by atoms with E-state index in [9.17, 15) is 0 Å². The first-order valence-electron chi connectivity index (χ1n) is 8.23. The van der Waals surface area contributed by atoms with Crippen molar-refractivity contribution in [3.63, 3.8) is 0 Å². The molecular weight excluding hydrogens is 829 g/mol. The summed E-state index contributed by atoms with van der Waals surface area (Å²) in [6.45, 7) is 21.4. The molecule has 0 aliphatic carbocycles. The Bertz CT molecular complexity index is 347. The van der Waals surface area contributed by atoms with Crippen molar-refractivity contribution in [1.29, 1.82) is 0 Å². The van der Waals surface area contributed by atoms with E-state index in [0.717, 1.165) is 6.42 Å². The Hall–Kier alpha value is 3.70. The summed E-state index contributed by atoms with van der Waals surface area (Å²) in [4.78, 5) is 0. The van der Waals surface area contributed by atoms with Crippen molar-refractivity contribution in [3.05, 3.63) is 6.92 Å². The van der Waals surface area contributed by atoms with Crippen LogP contribution in [0.2, 0.25) is 0 Å². The van der Waals surface area contributed by atoms with E-state index in [-0.39, 0.29) is 51.7 Å². The summed E-state index contributed by atoms with van der Waals surface area (Å²) in [6, 6.07) is 0. The Labute approximate surface area is 213 Å². The Morgan fingerprint density at radius 3 is 0.885 bits per heavy atom. The molecular formula is C15H35O4P2PbSe4-3. The molecule has 4 radical (unpaired) electrons. The van der Waals surface area contributed by atoms with Gasteiger partial charge in [-0.2, -0.15) is 6.42 Å². The monoisotopic (exact) mass is 869 g/mol. The van der Waals surface area contributed by atoms with Crippen LogP contribution in [0.3, 0.4) is 0 Å². The van der Waals surface area contributed by atoms with Crippen LogP contribution < -0.4 is 0 Å². The molecule has 0 rings (SSSR count). The molecule has 0 unspecified atom stereocenters. The molecule has 0 amide bonds. The Morgan fingerprint density at radius 2 is 0.808 bits per heavy atom. The molecule has 0 saturated carbocycles. The van der Waals surface area contributed by atoms with E-state index in [1.807, 2.05) is 62.3 Å². The second-order valence-electron chi connectivity index (χ2n) is 6.01. The van der Waals surface area contributed by atoms with E-state index in [1.165, 1.54) is 0 Å². The largest absolute Gasteiger partial charge is 0.344 e. The van der Waals surface area contributed by atoms with Gasteiger partial charge in [0.15, 0.2) is 0 Å². The van der Waals surface area contributed by atoms with Crippen LogP contribution in [0.5, 0.6) is 0 Å². The zero-order valence-corrected chi connectivity index (χ0v) is 29.9. The van der Waals surface area contributed by atoms with E-state index in [4.69, 9.17) is 18.1 Å². The van der Waals surface area contributed by atoms with Crippen molar-refractivity contribution in [2.45, 2.75) is 93.2 Å². The van der Waals surface area contributed by atoms with E-state index in [2.05, 4.69) is 68.3 Å². The first-order valence-corrected chi connectivity index (χ1v) is 20.3. The standard InChI is InChI=1S/2C6H15O2PSe2.C3H7.Pb/c2*1-5(2)7-9(10,11)8-6(3)4;1-3-2;/h2*5-6H,1-4H3,(H,10,11);1,3H2,2H3;/q;;-1;/p-2. The summed E-state index contributed by atoms with van der Waals surface area (Å²) < 4.78 is 18.5. The van der Waals surface area contributed by atoms with Gasteiger partial charge in [-0.25, -0.2) is 0 Å². The van der Waals surface area contributed by atoms with Gasteiger partial charge in [0, 0.05) is 27.3 Å². The quantitative estimate of drug-likeness (QED) is 0.204. The summed E-state index contributed by atoms with van der Waals surface area (Å²) in [5, 5.41) is 0. The van der Waals surface area contributed by atoms with Crippen molar-refractivity contribution in [1.82, 2.24) is 0 Å². The zero-order valence-electron chi connectivity index (χ0n) is 17.4. The van der Waals surface area contributed by atoms with Crippen LogP contribution in [0, 0.1) is 6.92 Å². The molecule has 0 heterocycles. The summed E-state index contributed by atoms with van der Waals surface area (Å²) in [5.74, 6) is 0. The van der Waals surface area contributed by atoms with E-state index in [0.29, 0.717) is 0 Å². The molecule has 11 heteroatoms. The van der Waals surface area contributed by atoms with E-state index in [1.54, 1.807) is 0 Å². The fourth-order valence-corrected chi connectivity index (χ4v) is 11.9. The second-order valence-corrected chi connectivity index (χ2v) is 27.8. The molecule has 0 aliphatic rings. The van der Waals surface area contributed by atoms with Gasteiger partial charge in [0.25, 0.3) is 0 Å². The molecule has 0 spiro atoms. The minimum absolute atomic E-state index is 0. The molecule has 0 aromatic heterocycles. The Kier molecular flexibility index (Phi) is 29.3. The fourth-order valence-electron chi connectivity index (χ4n) is 1.08. The molecule has 160 valence electrons. The minimum Gasteiger partial charge on any atom is -0.344 e. The van der Waals surface area contributed by atoms with Crippen molar-refractivity contribution in [2.75, 3.05) is 0 Å². The predicted octanol–water partition coefficient (Wildman–Crippen LogP) is 4.55. The molecule has 0 atom stereocenters. The number of hydrogen-bond donors (Lipinski definition) is 0. The zero-order chi connectivity index (χ0) is 20.8. The van der Waals surface area contributed by atoms with Gasteiger partial charge in [-0.05, 0) is 0 Å². The molecule has 0 saturated heterocycles. The van der Waals surface area contributed by atoms with Crippen LogP contribution >= 0.6 is 9.30 Å². The van der Waals surface area contributed by atoms with Gasteiger partial charge in [0.2, 0.25) is 0 Å². The van der Waals surface area contributed by atoms with Crippen LogP contribution in [0.4, 0.5) is 0 Å². The summed E-state index contributed by atoms with van der Waals surface area (Å²) in [5.41, 5.74) is 0. The number of hydrogen-bond acceptors (Lipinski definition) is 4. The molecule has 0 aliphatic heterocycles.